The van der Waals surface area contributed by atoms with E-state index in [1.165, 1.54) is 0 Å². The average Bonchev–Trinajstić information content (AvgIpc) is 2.88. The van der Waals surface area contributed by atoms with Gasteiger partial charge in [0, 0.05) is 18.7 Å². The molecule has 2 amide bonds. The maximum atomic E-state index is 11.9. The number of nitrogens with two attached hydrogens (primary N) is 1. The second-order valence-electron chi connectivity index (χ2n) is 5.28. The van der Waals surface area contributed by atoms with Crippen molar-refractivity contribution in [2.75, 3.05) is 11.9 Å². The number of hydrogen-bond acceptors (Lipinski definition) is 3. The first-order chi connectivity index (χ1) is 9.60. The average molecular weight is 312 g/mol. The summed E-state index contributed by atoms with van der Waals surface area (Å²) in [5, 5.41) is 5.53. The summed E-state index contributed by atoms with van der Waals surface area (Å²) in [5.41, 5.74) is 6.06. The van der Waals surface area contributed by atoms with Gasteiger partial charge in [-0.25, -0.2) is 0 Å². The van der Waals surface area contributed by atoms with Gasteiger partial charge < -0.3 is 16.4 Å². The van der Waals surface area contributed by atoms with Gasteiger partial charge in [0.25, 0.3) is 0 Å². The third kappa shape index (κ3) is 5.02. The van der Waals surface area contributed by atoms with Gasteiger partial charge in [0.1, 0.15) is 0 Å². The minimum absolute atomic E-state index is 0. The molecule has 1 aromatic rings. The number of rotatable bonds is 5. The van der Waals surface area contributed by atoms with Crippen LogP contribution in [0.25, 0.3) is 0 Å². The fraction of sp³-hybridized carbons (Fsp3) is 0.467. The molecule has 1 fully saturated rings. The number of carbonyl (C=O) groups excluding carboxylic acids is 2. The zero-order valence-electron chi connectivity index (χ0n) is 11.9. The lowest BCUT2D eigenvalue weighted by Crippen LogP contribution is -2.52. The molecule has 0 aromatic heterocycles. The predicted octanol–water partition coefficient (Wildman–Crippen LogP) is 1.82. The first-order valence-electron chi connectivity index (χ1n) is 7.02. The molecule has 1 saturated carbocycles. The zero-order chi connectivity index (χ0) is 14.4. The number of nitrogens with one attached hydrogen (secondary N) is 2. The van der Waals surface area contributed by atoms with Crippen LogP contribution in [0, 0.1) is 0 Å². The molecule has 116 valence electrons. The van der Waals surface area contributed by atoms with Gasteiger partial charge in [0.05, 0.1) is 5.54 Å². The Morgan fingerprint density at radius 3 is 2.38 bits per heavy atom. The van der Waals surface area contributed by atoms with E-state index < -0.39 is 5.54 Å². The second kappa shape index (κ2) is 8.00. The van der Waals surface area contributed by atoms with Crippen molar-refractivity contribution in [3.8, 4) is 0 Å². The number of benzene rings is 1. The highest BCUT2D eigenvalue weighted by Crippen LogP contribution is 2.27. The lowest BCUT2D eigenvalue weighted by molar-refractivity contribution is -0.126. The molecule has 5 nitrogen and oxygen atoms in total. The van der Waals surface area contributed by atoms with E-state index in [1.54, 1.807) is 0 Å². The molecule has 1 aliphatic rings. The Balaban J connectivity index is 0.00000220. The Kier molecular flexibility index (Phi) is 6.65. The van der Waals surface area contributed by atoms with Crippen LogP contribution in [0.2, 0.25) is 0 Å². The highest BCUT2D eigenvalue weighted by molar-refractivity contribution is 5.91. The van der Waals surface area contributed by atoms with Crippen molar-refractivity contribution in [1.82, 2.24) is 5.32 Å². The predicted molar refractivity (Wildman–Crippen MR) is 85.3 cm³/mol. The number of amides is 2. The van der Waals surface area contributed by atoms with Crippen LogP contribution in [0.1, 0.15) is 32.1 Å². The van der Waals surface area contributed by atoms with Gasteiger partial charge in [-0.2, -0.15) is 0 Å². The van der Waals surface area contributed by atoms with Crippen LogP contribution in [0.3, 0.4) is 0 Å². The Morgan fingerprint density at radius 1 is 1.14 bits per heavy atom. The monoisotopic (exact) mass is 311 g/mol. The number of carbonyl (C=O) groups is 2. The summed E-state index contributed by atoms with van der Waals surface area (Å²) in [5.74, 6) is -0.253. The number of hydrogen-bond donors (Lipinski definition) is 3. The van der Waals surface area contributed by atoms with Crippen molar-refractivity contribution in [3.63, 3.8) is 0 Å². The molecule has 1 aromatic carbocycles. The van der Waals surface area contributed by atoms with E-state index in [9.17, 15) is 9.59 Å². The van der Waals surface area contributed by atoms with E-state index in [4.69, 9.17) is 5.73 Å². The lowest BCUT2D eigenvalue weighted by atomic mass is 9.98. The summed E-state index contributed by atoms with van der Waals surface area (Å²) in [6.07, 6.45) is 3.71. The molecule has 0 atom stereocenters. The first kappa shape index (κ1) is 17.5. The Hall–Kier alpha value is -1.59. The fourth-order valence-electron chi connectivity index (χ4n) is 2.44. The summed E-state index contributed by atoms with van der Waals surface area (Å²) >= 11 is 0. The fourth-order valence-corrected chi connectivity index (χ4v) is 2.44. The van der Waals surface area contributed by atoms with E-state index in [0.717, 1.165) is 31.4 Å². The molecule has 21 heavy (non-hydrogen) atoms. The molecule has 0 heterocycles. The minimum Gasteiger partial charge on any atom is -0.354 e. The molecule has 0 spiro atoms. The molecular weight excluding hydrogens is 290 g/mol. The van der Waals surface area contributed by atoms with Crippen LogP contribution in [0.5, 0.6) is 0 Å². The SMILES string of the molecule is Cl.NC1(C(=O)NCCC(=O)Nc2ccccc2)CCCC1. The van der Waals surface area contributed by atoms with Crippen LogP contribution in [-0.4, -0.2) is 23.9 Å². The summed E-state index contributed by atoms with van der Waals surface area (Å²) < 4.78 is 0. The van der Waals surface area contributed by atoms with Gasteiger partial charge >= 0.3 is 0 Å². The molecule has 0 bridgehead atoms. The number of para-hydroxylation sites is 1. The van der Waals surface area contributed by atoms with Gasteiger partial charge in [-0.15, -0.1) is 12.4 Å². The van der Waals surface area contributed by atoms with Gasteiger partial charge in [-0.1, -0.05) is 31.0 Å². The molecule has 0 saturated heterocycles. The maximum absolute atomic E-state index is 11.9. The molecule has 2 rings (SSSR count). The Morgan fingerprint density at radius 2 is 1.76 bits per heavy atom. The largest absolute Gasteiger partial charge is 0.354 e. The highest BCUT2D eigenvalue weighted by Gasteiger charge is 2.36. The third-order valence-electron chi connectivity index (χ3n) is 3.64. The molecule has 0 radical (unpaired) electrons. The van der Waals surface area contributed by atoms with E-state index in [2.05, 4.69) is 10.6 Å². The summed E-state index contributed by atoms with van der Waals surface area (Å²) in [6, 6.07) is 9.25. The van der Waals surface area contributed by atoms with Gasteiger partial charge in [-0.3, -0.25) is 9.59 Å². The number of halogens is 1. The quantitative estimate of drug-likeness (QED) is 0.775. The summed E-state index contributed by atoms with van der Waals surface area (Å²) in [7, 11) is 0. The van der Waals surface area contributed by atoms with E-state index >= 15 is 0 Å². The topological polar surface area (TPSA) is 84.2 Å². The molecule has 6 heteroatoms. The lowest BCUT2D eigenvalue weighted by Gasteiger charge is -2.22. The van der Waals surface area contributed by atoms with Crippen LogP contribution in [-0.2, 0) is 9.59 Å². The Bertz CT molecular complexity index is 473. The summed E-state index contributed by atoms with van der Waals surface area (Å²) in [4.78, 5) is 23.6. The smallest absolute Gasteiger partial charge is 0.240 e. The van der Waals surface area contributed by atoms with Crippen LogP contribution >= 0.6 is 12.4 Å². The first-order valence-corrected chi connectivity index (χ1v) is 7.02. The van der Waals surface area contributed by atoms with Crippen LogP contribution < -0.4 is 16.4 Å². The zero-order valence-corrected chi connectivity index (χ0v) is 12.7. The molecule has 0 unspecified atom stereocenters. The van der Waals surface area contributed by atoms with Crippen molar-refractivity contribution in [1.29, 1.82) is 0 Å². The third-order valence-corrected chi connectivity index (χ3v) is 3.64. The van der Waals surface area contributed by atoms with E-state index in [0.29, 0.717) is 6.54 Å². The minimum atomic E-state index is -0.726. The van der Waals surface area contributed by atoms with Crippen LogP contribution in [0.4, 0.5) is 5.69 Å². The van der Waals surface area contributed by atoms with Gasteiger partial charge in [0.15, 0.2) is 0 Å². The standard InChI is InChI=1S/C15H21N3O2.ClH/c16-15(9-4-5-10-15)14(20)17-11-8-13(19)18-12-6-2-1-3-7-12;/h1-3,6-7H,4-5,8-11,16H2,(H,17,20)(H,18,19);1H. The second-order valence-corrected chi connectivity index (χ2v) is 5.28. The highest BCUT2D eigenvalue weighted by atomic mass is 35.5. The van der Waals surface area contributed by atoms with Crippen molar-refractivity contribution < 1.29 is 9.59 Å². The molecule has 0 aliphatic heterocycles. The normalized spacial score (nSPS) is 15.9. The van der Waals surface area contributed by atoms with Crippen molar-refractivity contribution in [3.05, 3.63) is 30.3 Å². The van der Waals surface area contributed by atoms with Crippen LogP contribution in [0.15, 0.2) is 30.3 Å². The maximum Gasteiger partial charge on any atom is 0.240 e. The van der Waals surface area contributed by atoms with Crippen molar-refractivity contribution in [2.45, 2.75) is 37.6 Å². The molecular formula is C15H22ClN3O2. The Labute approximate surface area is 131 Å². The number of anilines is 1. The summed E-state index contributed by atoms with van der Waals surface area (Å²) in [6.45, 7) is 0.316. The van der Waals surface area contributed by atoms with E-state index in [-0.39, 0.29) is 30.6 Å². The molecule has 1 aliphatic carbocycles. The van der Waals surface area contributed by atoms with Crippen molar-refractivity contribution >= 4 is 29.9 Å². The molecule has 4 N–H and O–H groups in total. The van der Waals surface area contributed by atoms with Gasteiger partial charge in [-0.05, 0) is 25.0 Å². The van der Waals surface area contributed by atoms with Crippen molar-refractivity contribution in [2.24, 2.45) is 5.73 Å². The van der Waals surface area contributed by atoms with E-state index in [1.807, 2.05) is 30.3 Å². The van der Waals surface area contributed by atoms with Gasteiger partial charge in [0.2, 0.25) is 11.8 Å².